The molecule has 1 aromatic carbocycles. The van der Waals surface area contributed by atoms with Crippen molar-refractivity contribution in [1.29, 1.82) is 5.26 Å². The predicted octanol–water partition coefficient (Wildman–Crippen LogP) is 2.69. The molecule has 0 fully saturated rings. The van der Waals surface area contributed by atoms with Crippen molar-refractivity contribution in [2.75, 3.05) is 7.05 Å². The largest absolute Gasteiger partial charge is 0.350 e. The molecule has 3 heteroatoms. The van der Waals surface area contributed by atoms with Crippen LogP contribution in [-0.4, -0.2) is 11.6 Å². The first-order valence-corrected chi connectivity index (χ1v) is 6.05. The summed E-state index contributed by atoms with van der Waals surface area (Å²) in [6, 6.07) is 12.4. The summed E-state index contributed by atoms with van der Waals surface area (Å²) in [5.41, 5.74) is 3.13. The maximum Gasteiger partial charge on any atom is 0.0991 e. The van der Waals surface area contributed by atoms with Gasteiger partial charge in [-0.15, -0.1) is 0 Å². The second-order valence-electron chi connectivity index (χ2n) is 4.44. The van der Waals surface area contributed by atoms with Crippen molar-refractivity contribution < 1.29 is 0 Å². The number of hydrogen-bond donors (Lipinski definition) is 1. The third-order valence-electron chi connectivity index (χ3n) is 3.13. The van der Waals surface area contributed by atoms with E-state index in [9.17, 15) is 0 Å². The minimum atomic E-state index is 0.358. The van der Waals surface area contributed by atoms with E-state index in [0.29, 0.717) is 11.6 Å². The van der Waals surface area contributed by atoms with E-state index >= 15 is 0 Å². The zero-order valence-corrected chi connectivity index (χ0v) is 10.7. The molecular weight excluding hydrogens is 222 g/mol. The number of hydrogen-bond acceptors (Lipinski definition) is 2. The Bertz CT molecular complexity index is 563. The normalized spacial score (nSPS) is 12.1. The molecule has 1 aromatic heterocycles. The van der Waals surface area contributed by atoms with Crippen molar-refractivity contribution in [1.82, 2.24) is 9.88 Å². The number of nitrogens with zero attached hydrogens (tertiary/aromatic N) is 2. The SMILES string of the molecule is CNC(C)c1ccn(Cc2cccc(C#N)c2)c1. The van der Waals surface area contributed by atoms with Crippen molar-refractivity contribution >= 4 is 0 Å². The highest BCUT2D eigenvalue weighted by atomic mass is 14.9. The zero-order chi connectivity index (χ0) is 13.0. The molecule has 0 saturated carbocycles. The summed E-state index contributed by atoms with van der Waals surface area (Å²) < 4.78 is 2.14. The van der Waals surface area contributed by atoms with E-state index in [0.717, 1.165) is 12.1 Å². The van der Waals surface area contributed by atoms with Gasteiger partial charge in [0.15, 0.2) is 0 Å². The Morgan fingerprint density at radius 1 is 1.39 bits per heavy atom. The molecule has 1 unspecified atom stereocenters. The summed E-state index contributed by atoms with van der Waals surface area (Å²) in [6.07, 6.45) is 4.21. The summed E-state index contributed by atoms with van der Waals surface area (Å²) >= 11 is 0. The molecule has 0 amide bonds. The van der Waals surface area contributed by atoms with Crippen LogP contribution in [0.2, 0.25) is 0 Å². The molecule has 0 saturated heterocycles. The molecule has 0 bridgehead atoms. The van der Waals surface area contributed by atoms with Gasteiger partial charge in [0.1, 0.15) is 0 Å². The van der Waals surface area contributed by atoms with Crippen molar-refractivity contribution in [3.63, 3.8) is 0 Å². The molecule has 0 aliphatic carbocycles. The quantitative estimate of drug-likeness (QED) is 0.891. The van der Waals surface area contributed by atoms with E-state index in [-0.39, 0.29) is 0 Å². The lowest BCUT2D eigenvalue weighted by Gasteiger charge is -2.07. The lowest BCUT2D eigenvalue weighted by atomic mass is 10.1. The molecule has 2 aromatic rings. The third-order valence-corrected chi connectivity index (χ3v) is 3.13. The van der Waals surface area contributed by atoms with Crippen LogP contribution in [0.25, 0.3) is 0 Å². The van der Waals surface area contributed by atoms with Crippen LogP contribution in [-0.2, 0) is 6.54 Å². The first kappa shape index (κ1) is 12.4. The van der Waals surface area contributed by atoms with E-state index in [1.54, 1.807) is 0 Å². The second-order valence-corrected chi connectivity index (χ2v) is 4.44. The fourth-order valence-corrected chi connectivity index (χ4v) is 1.93. The highest BCUT2D eigenvalue weighted by Gasteiger charge is 2.04. The average molecular weight is 239 g/mol. The van der Waals surface area contributed by atoms with Gasteiger partial charge in [0.25, 0.3) is 0 Å². The van der Waals surface area contributed by atoms with Crippen LogP contribution < -0.4 is 5.32 Å². The van der Waals surface area contributed by atoms with Crippen LogP contribution in [0.5, 0.6) is 0 Å². The topological polar surface area (TPSA) is 40.8 Å². The molecule has 0 aliphatic rings. The van der Waals surface area contributed by atoms with Crippen LogP contribution in [0.1, 0.15) is 29.7 Å². The molecule has 1 heterocycles. The minimum absolute atomic E-state index is 0.358. The highest BCUT2D eigenvalue weighted by Crippen LogP contribution is 2.13. The summed E-state index contributed by atoms with van der Waals surface area (Å²) in [5, 5.41) is 12.1. The van der Waals surface area contributed by atoms with Gasteiger partial charge in [-0.3, -0.25) is 0 Å². The Balaban J connectivity index is 2.14. The van der Waals surface area contributed by atoms with E-state index in [4.69, 9.17) is 5.26 Å². The monoisotopic (exact) mass is 239 g/mol. The molecule has 3 nitrogen and oxygen atoms in total. The van der Waals surface area contributed by atoms with Crippen molar-refractivity contribution in [2.24, 2.45) is 0 Å². The molecule has 0 radical (unpaired) electrons. The Kier molecular flexibility index (Phi) is 3.81. The van der Waals surface area contributed by atoms with Crippen LogP contribution >= 0.6 is 0 Å². The Morgan fingerprint density at radius 3 is 2.94 bits per heavy atom. The van der Waals surface area contributed by atoms with Gasteiger partial charge in [0.05, 0.1) is 11.6 Å². The zero-order valence-electron chi connectivity index (χ0n) is 10.7. The Hall–Kier alpha value is -2.05. The number of aromatic nitrogens is 1. The highest BCUT2D eigenvalue weighted by molar-refractivity contribution is 5.33. The number of benzene rings is 1. The minimum Gasteiger partial charge on any atom is -0.350 e. The van der Waals surface area contributed by atoms with Crippen molar-refractivity contribution in [3.05, 3.63) is 59.4 Å². The first-order chi connectivity index (χ1) is 8.72. The number of rotatable bonds is 4. The van der Waals surface area contributed by atoms with E-state index in [1.807, 2.05) is 31.3 Å². The van der Waals surface area contributed by atoms with Gasteiger partial charge in [0, 0.05) is 25.0 Å². The van der Waals surface area contributed by atoms with Gasteiger partial charge in [-0.05, 0) is 43.3 Å². The average Bonchev–Trinajstić information content (AvgIpc) is 2.86. The lowest BCUT2D eigenvalue weighted by Crippen LogP contribution is -2.11. The molecule has 0 spiro atoms. The van der Waals surface area contributed by atoms with E-state index in [2.05, 4.69) is 41.3 Å². The van der Waals surface area contributed by atoms with Gasteiger partial charge in [-0.25, -0.2) is 0 Å². The molecule has 18 heavy (non-hydrogen) atoms. The molecule has 92 valence electrons. The summed E-state index contributed by atoms with van der Waals surface area (Å²) in [4.78, 5) is 0. The fourth-order valence-electron chi connectivity index (χ4n) is 1.93. The summed E-state index contributed by atoms with van der Waals surface area (Å²) in [7, 11) is 1.96. The molecule has 0 aliphatic heterocycles. The molecule has 1 N–H and O–H groups in total. The van der Waals surface area contributed by atoms with Crippen molar-refractivity contribution in [3.8, 4) is 6.07 Å². The lowest BCUT2D eigenvalue weighted by molar-refractivity contribution is 0.649. The fraction of sp³-hybridized carbons (Fsp3) is 0.267. The Morgan fingerprint density at radius 2 is 2.22 bits per heavy atom. The predicted molar refractivity (Wildman–Crippen MR) is 72.2 cm³/mol. The van der Waals surface area contributed by atoms with E-state index in [1.165, 1.54) is 5.56 Å². The van der Waals surface area contributed by atoms with Crippen LogP contribution in [0.15, 0.2) is 42.7 Å². The second kappa shape index (κ2) is 5.52. The number of nitriles is 1. The van der Waals surface area contributed by atoms with E-state index < -0.39 is 0 Å². The smallest absolute Gasteiger partial charge is 0.0991 e. The summed E-state index contributed by atoms with van der Waals surface area (Å²) in [5.74, 6) is 0. The van der Waals surface area contributed by atoms with Gasteiger partial charge in [-0.2, -0.15) is 5.26 Å². The summed E-state index contributed by atoms with van der Waals surface area (Å²) in [6.45, 7) is 2.93. The van der Waals surface area contributed by atoms with Crippen LogP contribution in [0.4, 0.5) is 0 Å². The van der Waals surface area contributed by atoms with Crippen LogP contribution in [0, 0.1) is 11.3 Å². The molecule has 1 atom stereocenters. The molecule has 2 rings (SSSR count). The maximum absolute atomic E-state index is 8.87. The van der Waals surface area contributed by atoms with Gasteiger partial charge >= 0.3 is 0 Å². The van der Waals surface area contributed by atoms with Gasteiger partial charge in [-0.1, -0.05) is 12.1 Å². The number of nitrogens with one attached hydrogen (secondary N) is 1. The maximum atomic E-state index is 8.87. The van der Waals surface area contributed by atoms with Gasteiger partial charge < -0.3 is 9.88 Å². The van der Waals surface area contributed by atoms with Crippen molar-refractivity contribution in [2.45, 2.75) is 19.5 Å². The molecular formula is C15H17N3. The standard InChI is InChI=1S/C15H17N3/c1-12(17-2)15-6-7-18(11-15)10-14-5-3-4-13(8-14)9-16/h3-8,11-12,17H,10H2,1-2H3. The first-order valence-electron chi connectivity index (χ1n) is 6.05. The van der Waals surface area contributed by atoms with Crippen LogP contribution in [0.3, 0.4) is 0 Å². The Labute approximate surface area is 108 Å². The van der Waals surface area contributed by atoms with Gasteiger partial charge in [0.2, 0.25) is 0 Å². The third kappa shape index (κ3) is 2.79.